The Morgan fingerprint density at radius 3 is 2.95 bits per heavy atom. The normalized spacial score (nSPS) is 11.1. The monoisotopic (exact) mass is 335 g/mol. The molecule has 0 unspecified atom stereocenters. The highest BCUT2D eigenvalue weighted by Crippen LogP contribution is 2.33. The second-order valence-electron chi connectivity index (χ2n) is 4.11. The molecule has 2 N–H and O–H groups in total. The van der Waals surface area contributed by atoms with Gasteiger partial charge in [-0.3, -0.25) is 0 Å². The molecule has 3 aromatic rings. The Hall–Kier alpha value is -1.53. The van der Waals surface area contributed by atoms with E-state index in [0.717, 1.165) is 26.2 Å². The predicted octanol–water partition coefficient (Wildman–Crippen LogP) is 4.03. The summed E-state index contributed by atoms with van der Waals surface area (Å²) in [5, 5.41) is 1.38. The molecule has 0 fully saturated rings. The van der Waals surface area contributed by atoms with Gasteiger partial charge in [0, 0.05) is 11.9 Å². The van der Waals surface area contributed by atoms with E-state index in [-0.39, 0.29) is 0 Å². The van der Waals surface area contributed by atoms with E-state index in [1.807, 2.05) is 25.3 Å². The zero-order valence-electron chi connectivity index (χ0n) is 10.1. The van der Waals surface area contributed by atoms with Crippen LogP contribution < -0.4 is 5.73 Å². The fraction of sp³-hybridized carbons (Fsp3) is 0.0769. The van der Waals surface area contributed by atoms with E-state index in [0.29, 0.717) is 10.9 Å². The van der Waals surface area contributed by atoms with Crippen molar-refractivity contribution >= 4 is 44.5 Å². The number of rotatable bonds is 2. The first-order valence-corrected chi connectivity index (χ1v) is 7.19. The van der Waals surface area contributed by atoms with Crippen LogP contribution in [0.3, 0.4) is 0 Å². The number of aromatic nitrogens is 2. The number of anilines is 1. The number of nitrogens with two attached hydrogens (primary N) is 1. The van der Waals surface area contributed by atoms with Gasteiger partial charge in [0.05, 0.1) is 4.47 Å². The van der Waals surface area contributed by atoms with Gasteiger partial charge in [0.25, 0.3) is 5.22 Å². The Kier molecular flexibility index (Phi) is 3.20. The summed E-state index contributed by atoms with van der Waals surface area (Å²) in [6.45, 7) is 1.99. The van der Waals surface area contributed by atoms with Crippen LogP contribution in [0.5, 0.6) is 0 Å². The number of aryl methyl sites for hydroxylation is 1. The minimum absolute atomic E-state index is 0.553. The van der Waals surface area contributed by atoms with E-state index < -0.39 is 0 Å². The molecule has 2 aromatic heterocycles. The molecule has 2 heterocycles. The Bertz CT molecular complexity index is 757. The highest BCUT2D eigenvalue weighted by Gasteiger charge is 2.11. The third-order valence-electron chi connectivity index (χ3n) is 2.52. The van der Waals surface area contributed by atoms with E-state index in [2.05, 4.69) is 25.9 Å². The van der Waals surface area contributed by atoms with Gasteiger partial charge in [-0.1, -0.05) is 0 Å². The van der Waals surface area contributed by atoms with E-state index in [1.54, 1.807) is 12.1 Å². The SMILES string of the molecule is Cc1cnc(Sc2nc3cc(N)ccc3o2)c(Br)c1. The van der Waals surface area contributed by atoms with Crippen LogP contribution in [-0.2, 0) is 0 Å². The highest BCUT2D eigenvalue weighted by molar-refractivity contribution is 9.10. The van der Waals surface area contributed by atoms with Crippen molar-refractivity contribution in [3.8, 4) is 0 Å². The summed E-state index contributed by atoms with van der Waals surface area (Å²) < 4.78 is 6.58. The topological polar surface area (TPSA) is 64.9 Å². The molecule has 0 saturated heterocycles. The maximum atomic E-state index is 5.72. The zero-order chi connectivity index (χ0) is 13.4. The average molecular weight is 336 g/mol. The third-order valence-corrected chi connectivity index (χ3v) is 4.25. The van der Waals surface area contributed by atoms with E-state index >= 15 is 0 Å². The Morgan fingerprint density at radius 1 is 1.32 bits per heavy atom. The number of nitrogens with zero attached hydrogens (tertiary/aromatic N) is 2. The summed E-state index contributed by atoms with van der Waals surface area (Å²) in [6.07, 6.45) is 1.81. The van der Waals surface area contributed by atoms with Crippen LogP contribution in [0.25, 0.3) is 11.1 Å². The Morgan fingerprint density at radius 2 is 2.16 bits per heavy atom. The number of fused-ring (bicyclic) bond motifs is 1. The van der Waals surface area contributed by atoms with Gasteiger partial charge in [-0.15, -0.1) is 0 Å². The van der Waals surface area contributed by atoms with Crippen molar-refractivity contribution in [2.24, 2.45) is 0 Å². The van der Waals surface area contributed by atoms with Gasteiger partial charge in [-0.05, 0) is 64.4 Å². The van der Waals surface area contributed by atoms with Gasteiger partial charge >= 0.3 is 0 Å². The van der Waals surface area contributed by atoms with Crippen molar-refractivity contribution in [1.82, 2.24) is 9.97 Å². The molecule has 96 valence electrons. The molecule has 0 amide bonds. The second kappa shape index (κ2) is 4.86. The van der Waals surface area contributed by atoms with Crippen LogP contribution in [0.2, 0.25) is 0 Å². The maximum Gasteiger partial charge on any atom is 0.263 e. The van der Waals surface area contributed by atoms with Crippen molar-refractivity contribution in [2.75, 3.05) is 5.73 Å². The molecule has 1 aromatic carbocycles. The molecule has 0 bridgehead atoms. The fourth-order valence-electron chi connectivity index (χ4n) is 1.65. The summed E-state index contributed by atoms with van der Waals surface area (Å²) in [7, 11) is 0. The smallest absolute Gasteiger partial charge is 0.263 e. The molecule has 19 heavy (non-hydrogen) atoms. The molecule has 3 rings (SSSR count). The Labute approximate surface area is 122 Å². The first-order valence-electron chi connectivity index (χ1n) is 5.58. The van der Waals surface area contributed by atoms with Crippen molar-refractivity contribution in [2.45, 2.75) is 17.2 Å². The number of benzene rings is 1. The molecule has 0 saturated carbocycles. The first kappa shape index (κ1) is 12.5. The van der Waals surface area contributed by atoms with Crippen molar-refractivity contribution < 1.29 is 4.42 Å². The van der Waals surface area contributed by atoms with E-state index in [4.69, 9.17) is 10.2 Å². The number of nitrogen functional groups attached to an aromatic ring is 1. The lowest BCUT2D eigenvalue weighted by Crippen LogP contribution is -1.84. The summed E-state index contributed by atoms with van der Waals surface area (Å²) in [5.41, 5.74) is 8.97. The largest absolute Gasteiger partial charge is 0.431 e. The predicted molar refractivity (Wildman–Crippen MR) is 79.2 cm³/mol. The zero-order valence-corrected chi connectivity index (χ0v) is 12.5. The Balaban J connectivity index is 1.96. The van der Waals surface area contributed by atoms with Crippen LogP contribution in [-0.4, -0.2) is 9.97 Å². The van der Waals surface area contributed by atoms with Gasteiger partial charge in [0.15, 0.2) is 5.58 Å². The molecular formula is C13H10BrN3OS. The number of oxazole rings is 1. The maximum absolute atomic E-state index is 5.72. The molecular weight excluding hydrogens is 326 g/mol. The van der Waals surface area contributed by atoms with Gasteiger partial charge in [-0.2, -0.15) is 0 Å². The lowest BCUT2D eigenvalue weighted by Gasteiger charge is -2.00. The quantitative estimate of drug-likeness (QED) is 0.716. The van der Waals surface area contributed by atoms with E-state index in [1.165, 1.54) is 11.8 Å². The molecule has 0 aliphatic carbocycles. The summed E-state index contributed by atoms with van der Waals surface area (Å²) in [4.78, 5) is 8.74. The minimum Gasteiger partial charge on any atom is -0.431 e. The van der Waals surface area contributed by atoms with E-state index in [9.17, 15) is 0 Å². The standard InChI is InChI=1S/C13H10BrN3OS/c1-7-4-9(14)12(16-6-7)19-13-17-10-5-8(15)2-3-11(10)18-13/h2-6H,15H2,1H3. The van der Waals surface area contributed by atoms with Gasteiger partial charge in [0.1, 0.15) is 10.5 Å². The second-order valence-corrected chi connectivity index (χ2v) is 5.90. The van der Waals surface area contributed by atoms with Crippen LogP contribution in [0.1, 0.15) is 5.56 Å². The number of halogens is 1. The van der Waals surface area contributed by atoms with Crippen molar-refractivity contribution in [3.63, 3.8) is 0 Å². The van der Waals surface area contributed by atoms with Gasteiger partial charge < -0.3 is 10.2 Å². The lowest BCUT2D eigenvalue weighted by molar-refractivity contribution is 0.489. The minimum atomic E-state index is 0.553. The summed E-state index contributed by atoms with van der Waals surface area (Å²) >= 11 is 4.87. The number of hydrogen-bond donors (Lipinski definition) is 1. The highest BCUT2D eigenvalue weighted by atomic mass is 79.9. The fourth-order valence-corrected chi connectivity index (χ4v) is 3.05. The van der Waals surface area contributed by atoms with Crippen molar-refractivity contribution in [1.29, 1.82) is 0 Å². The number of hydrogen-bond acceptors (Lipinski definition) is 5. The molecule has 6 heteroatoms. The van der Waals surface area contributed by atoms with Crippen molar-refractivity contribution in [3.05, 3.63) is 40.5 Å². The van der Waals surface area contributed by atoms with Crippen LogP contribution in [0, 0.1) is 6.92 Å². The lowest BCUT2D eigenvalue weighted by atomic mass is 10.3. The average Bonchev–Trinajstić information content (AvgIpc) is 2.74. The van der Waals surface area contributed by atoms with Crippen LogP contribution in [0.4, 0.5) is 5.69 Å². The third kappa shape index (κ3) is 2.59. The molecule has 0 spiro atoms. The van der Waals surface area contributed by atoms with Crippen LogP contribution >= 0.6 is 27.7 Å². The summed E-state index contributed by atoms with van der Waals surface area (Å²) in [5.74, 6) is 0. The molecule has 4 nitrogen and oxygen atoms in total. The molecule has 0 aliphatic rings. The molecule has 0 atom stereocenters. The molecule has 0 radical (unpaired) electrons. The van der Waals surface area contributed by atoms with Crippen LogP contribution in [0.15, 0.2) is 49.6 Å². The first-order chi connectivity index (χ1) is 9.11. The molecule has 0 aliphatic heterocycles. The summed E-state index contributed by atoms with van der Waals surface area (Å²) in [6, 6.07) is 7.41. The van der Waals surface area contributed by atoms with Gasteiger partial charge in [0.2, 0.25) is 0 Å². The van der Waals surface area contributed by atoms with Gasteiger partial charge in [-0.25, -0.2) is 9.97 Å². The number of pyridine rings is 1.